The molecule has 0 amide bonds. The summed E-state index contributed by atoms with van der Waals surface area (Å²) in [4.78, 5) is 8.31. The van der Waals surface area contributed by atoms with Crippen LogP contribution in [0.4, 0.5) is 5.82 Å². The number of nitrogens with two attached hydrogens (primary N) is 1. The van der Waals surface area contributed by atoms with Crippen molar-refractivity contribution < 1.29 is 4.74 Å². The Balaban J connectivity index is 1.99. The Labute approximate surface area is 125 Å². The molecule has 20 heavy (non-hydrogen) atoms. The van der Waals surface area contributed by atoms with Gasteiger partial charge in [0, 0.05) is 5.39 Å². The molecule has 3 rings (SSSR count). The number of pyridine rings is 2. The highest BCUT2D eigenvalue weighted by Gasteiger charge is 2.10. The van der Waals surface area contributed by atoms with Gasteiger partial charge >= 0.3 is 0 Å². The molecular formula is C14H9Cl2N3O. The third-order valence-electron chi connectivity index (χ3n) is 2.70. The van der Waals surface area contributed by atoms with E-state index < -0.39 is 0 Å². The summed E-state index contributed by atoms with van der Waals surface area (Å²) < 4.78 is 5.61. The monoisotopic (exact) mass is 305 g/mol. The standard InChI is InChI=1S/C14H9Cl2N3O/c15-10-6-11(16)14(19-13(10)17)20-9-5-8-3-1-2-4-12(8)18-7-9/h1-7H,(H2,17,19). The molecule has 0 aliphatic rings. The third kappa shape index (κ3) is 2.48. The summed E-state index contributed by atoms with van der Waals surface area (Å²) in [5.74, 6) is 0.894. The van der Waals surface area contributed by atoms with Crippen LogP contribution < -0.4 is 10.5 Å². The summed E-state index contributed by atoms with van der Waals surface area (Å²) in [5, 5.41) is 1.54. The quantitative estimate of drug-likeness (QED) is 0.766. The molecule has 2 aromatic heterocycles. The summed E-state index contributed by atoms with van der Waals surface area (Å²) in [6, 6.07) is 11.1. The van der Waals surface area contributed by atoms with E-state index in [0.29, 0.717) is 10.8 Å². The van der Waals surface area contributed by atoms with Gasteiger partial charge in [-0.15, -0.1) is 0 Å². The summed E-state index contributed by atoms with van der Waals surface area (Å²) in [6.07, 6.45) is 1.60. The van der Waals surface area contributed by atoms with Crippen LogP contribution in [0.1, 0.15) is 0 Å². The van der Waals surface area contributed by atoms with Gasteiger partial charge in [0.15, 0.2) is 0 Å². The van der Waals surface area contributed by atoms with Crippen LogP contribution in [0.25, 0.3) is 10.9 Å². The van der Waals surface area contributed by atoms with Crippen LogP contribution in [0.5, 0.6) is 11.6 Å². The average molecular weight is 306 g/mol. The largest absolute Gasteiger partial charge is 0.436 e. The Bertz CT molecular complexity index is 792. The highest BCUT2D eigenvalue weighted by atomic mass is 35.5. The van der Waals surface area contributed by atoms with E-state index >= 15 is 0 Å². The van der Waals surface area contributed by atoms with E-state index in [-0.39, 0.29) is 16.7 Å². The summed E-state index contributed by atoms with van der Waals surface area (Å²) in [7, 11) is 0. The van der Waals surface area contributed by atoms with Gasteiger partial charge in [-0.1, -0.05) is 41.4 Å². The van der Waals surface area contributed by atoms with E-state index in [2.05, 4.69) is 9.97 Å². The van der Waals surface area contributed by atoms with Crippen LogP contribution >= 0.6 is 23.2 Å². The van der Waals surface area contributed by atoms with E-state index in [1.54, 1.807) is 6.20 Å². The van der Waals surface area contributed by atoms with Crippen molar-refractivity contribution in [2.24, 2.45) is 0 Å². The Morgan fingerprint density at radius 1 is 1.05 bits per heavy atom. The minimum Gasteiger partial charge on any atom is -0.436 e. The van der Waals surface area contributed by atoms with Crippen molar-refractivity contribution >= 4 is 39.9 Å². The zero-order chi connectivity index (χ0) is 14.1. The van der Waals surface area contributed by atoms with E-state index in [1.165, 1.54) is 6.07 Å². The van der Waals surface area contributed by atoms with Crippen molar-refractivity contribution in [3.05, 3.63) is 52.6 Å². The van der Waals surface area contributed by atoms with Crippen LogP contribution in [-0.4, -0.2) is 9.97 Å². The molecule has 6 heteroatoms. The van der Waals surface area contributed by atoms with Gasteiger partial charge in [0.05, 0.1) is 16.7 Å². The van der Waals surface area contributed by atoms with Crippen molar-refractivity contribution in [1.29, 1.82) is 0 Å². The molecule has 0 bridgehead atoms. The number of hydrogen-bond acceptors (Lipinski definition) is 4. The molecule has 100 valence electrons. The lowest BCUT2D eigenvalue weighted by molar-refractivity contribution is 0.463. The van der Waals surface area contributed by atoms with Gasteiger partial charge in [-0.2, -0.15) is 4.98 Å². The van der Waals surface area contributed by atoms with Gasteiger partial charge < -0.3 is 10.5 Å². The van der Waals surface area contributed by atoms with Gasteiger partial charge in [0.2, 0.25) is 5.88 Å². The number of rotatable bonds is 2. The van der Waals surface area contributed by atoms with Crippen molar-refractivity contribution in [2.45, 2.75) is 0 Å². The first-order valence-corrected chi connectivity index (χ1v) is 6.53. The number of anilines is 1. The minimum atomic E-state index is 0.166. The van der Waals surface area contributed by atoms with Crippen molar-refractivity contribution in [3.8, 4) is 11.6 Å². The first-order chi connectivity index (χ1) is 9.63. The van der Waals surface area contributed by atoms with Crippen LogP contribution in [-0.2, 0) is 0 Å². The minimum absolute atomic E-state index is 0.166. The Hall–Kier alpha value is -2.04. The van der Waals surface area contributed by atoms with Crippen LogP contribution in [0.3, 0.4) is 0 Å². The number of para-hydroxylation sites is 1. The lowest BCUT2D eigenvalue weighted by Crippen LogP contribution is -1.96. The Kier molecular flexibility index (Phi) is 3.34. The number of benzene rings is 1. The van der Waals surface area contributed by atoms with Crippen LogP contribution in [0.2, 0.25) is 10.0 Å². The molecule has 3 aromatic rings. The number of hydrogen-bond donors (Lipinski definition) is 1. The molecule has 0 atom stereocenters. The molecule has 4 nitrogen and oxygen atoms in total. The normalized spacial score (nSPS) is 10.7. The lowest BCUT2D eigenvalue weighted by Gasteiger charge is -2.08. The number of nitrogens with zero attached hydrogens (tertiary/aromatic N) is 2. The fraction of sp³-hybridized carbons (Fsp3) is 0. The van der Waals surface area contributed by atoms with Crippen molar-refractivity contribution in [1.82, 2.24) is 9.97 Å². The number of ether oxygens (including phenoxy) is 1. The van der Waals surface area contributed by atoms with Gasteiger partial charge in [-0.05, 0) is 18.2 Å². The predicted molar refractivity (Wildman–Crippen MR) is 80.5 cm³/mol. The summed E-state index contributed by atoms with van der Waals surface area (Å²) >= 11 is 11.8. The van der Waals surface area contributed by atoms with E-state index in [0.717, 1.165) is 10.9 Å². The maximum atomic E-state index is 6.02. The zero-order valence-electron chi connectivity index (χ0n) is 10.2. The SMILES string of the molecule is Nc1nc(Oc2cnc3ccccc3c2)c(Cl)cc1Cl. The second-order valence-electron chi connectivity index (χ2n) is 4.11. The fourth-order valence-electron chi connectivity index (χ4n) is 1.75. The average Bonchev–Trinajstić information content (AvgIpc) is 2.44. The molecule has 0 saturated heterocycles. The molecule has 0 saturated carbocycles. The second kappa shape index (κ2) is 5.15. The molecule has 2 N–H and O–H groups in total. The van der Waals surface area contributed by atoms with E-state index in [9.17, 15) is 0 Å². The zero-order valence-corrected chi connectivity index (χ0v) is 11.7. The summed E-state index contributed by atoms with van der Waals surface area (Å²) in [5.41, 5.74) is 6.52. The first kappa shape index (κ1) is 13.0. The maximum Gasteiger partial charge on any atom is 0.240 e. The fourth-order valence-corrected chi connectivity index (χ4v) is 2.15. The van der Waals surface area contributed by atoms with E-state index in [1.807, 2.05) is 30.3 Å². The highest BCUT2D eigenvalue weighted by molar-refractivity contribution is 6.36. The molecular weight excluding hydrogens is 297 g/mol. The Morgan fingerprint density at radius 2 is 1.85 bits per heavy atom. The summed E-state index contributed by atoms with van der Waals surface area (Å²) in [6.45, 7) is 0. The van der Waals surface area contributed by atoms with Crippen LogP contribution in [0.15, 0.2) is 42.6 Å². The molecule has 0 radical (unpaired) electrons. The van der Waals surface area contributed by atoms with Gasteiger partial charge in [0.25, 0.3) is 0 Å². The number of aromatic nitrogens is 2. The molecule has 0 aliphatic carbocycles. The molecule has 1 aromatic carbocycles. The second-order valence-corrected chi connectivity index (χ2v) is 4.92. The van der Waals surface area contributed by atoms with Gasteiger partial charge in [0.1, 0.15) is 16.6 Å². The maximum absolute atomic E-state index is 6.02. The number of fused-ring (bicyclic) bond motifs is 1. The Morgan fingerprint density at radius 3 is 2.70 bits per heavy atom. The highest BCUT2D eigenvalue weighted by Crippen LogP contribution is 2.32. The van der Waals surface area contributed by atoms with Crippen molar-refractivity contribution in [3.63, 3.8) is 0 Å². The van der Waals surface area contributed by atoms with Gasteiger partial charge in [-0.3, -0.25) is 4.98 Å². The third-order valence-corrected chi connectivity index (χ3v) is 3.28. The predicted octanol–water partition coefficient (Wildman–Crippen LogP) is 4.31. The number of halogens is 2. The van der Waals surface area contributed by atoms with Crippen molar-refractivity contribution in [2.75, 3.05) is 5.73 Å². The molecule has 0 unspecified atom stereocenters. The van der Waals surface area contributed by atoms with Gasteiger partial charge in [-0.25, -0.2) is 0 Å². The van der Waals surface area contributed by atoms with E-state index in [4.69, 9.17) is 33.7 Å². The topological polar surface area (TPSA) is 61.0 Å². The lowest BCUT2D eigenvalue weighted by atomic mass is 10.2. The first-order valence-electron chi connectivity index (χ1n) is 5.77. The molecule has 0 spiro atoms. The smallest absolute Gasteiger partial charge is 0.240 e. The molecule has 0 fully saturated rings. The molecule has 2 heterocycles. The number of nitrogen functional groups attached to an aromatic ring is 1. The molecule has 0 aliphatic heterocycles. The van der Waals surface area contributed by atoms with Crippen LogP contribution in [0, 0.1) is 0 Å².